The molecule has 0 spiro atoms. The third-order valence-corrected chi connectivity index (χ3v) is 5.14. The number of benzene rings is 1. The molecule has 0 radical (unpaired) electrons. The zero-order valence-electron chi connectivity index (χ0n) is 17.6. The van der Waals surface area contributed by atoms with Gasteiger partial charge >= 0.3 is 0 Å². The highest BCUT2D eigenvalue weighted by Crippen LogP contribution is 2.30. The molecule has 162 valence electrons. The Morgan fingerprint density at radius 2 is 2.07 bits per heavy atom. The Balaban J connectivity index is 1.65. The van der Waals surface area contributed by atoms with Crippen molar-refractivity contribution in [1.29, 1.82) is 0 Å². The van der Waals surface area contributed by atoms with Crippen LogP contribution in [-0.2, 0) is 9.53 Å². The largest absolute Gasteiger partial charge is 0.493 e. The van der Waals surface area contributed by atoms with E-state index in [1.807, 2.05) is 25.1 Å². The fourth-order valence-electron chi connectivity index (χ4n) is 3.52. The highest BCUT2D eigenvalue weighted by molar-refractivity contribution is 5.96. The average Bonchev–Trinajstić information content (AvgIpc) is 3.45. The lowest BCUT2D eigenvalue weighted by molar-refractivity contribution is -0.125. The minimum Gasteiger partial charge on any atom is -0.493 e. The Labute approximate surface area is 176 Å². The van der Waals surface area contributed by atoms with Crippen molar-refractivity contribution in [1.82, 2.24) is 10.2 Å². The molecule has 1 saturated heterocycles. The number of nitrogens with one attached hydrogen (secondary N) is 1. The van der Waals surface area contributed by atoms with Crippen molar-refractivity contribution < 1.29 is 28.2 Å². The zero-order chi connectivity index (χ0) is 21.5. The third kappa shape index (κ3) is 4.94. The van der Waals surface area contributed by atoms with Gasteiger partial charge < -0.3 is 28.8 Å². The lowest BCUT2D eigenvalue weighted by Gasteiger charge is -2.25. The van der Waals surface area contributed by atoms with Gasteiger partial charge in [-0.05, 0) is 49.6 Å². The van der Waals surface area contributed by atoms with E-state index in [1.165, 1.54) is 6.26 Å². The summed E-state index contributed by atoms with van der Waals surface area (Å²) >= 11 is 0. The molecule has 1 aromatic carbocycles. The van der Waals surface area contributed by atoms with Crippen molar-refractivity contribution in [2.24, 2.45) is 0 Å². The molecule has 3 rings (SSSR count). The van der Waals surface area contributed by atoms with Crippen LogP contribution in [0.5, 0.6) is 11.5 Å². The maximum atomic E-state index is 12.9. The molecule has 8 heteroatoms. The monoisotopic (exact) mass is 416 g/mol. The van der Waals surface area contributed by atoms with E-state index in [2.05, 4.69) is 5.32 Å². The number of nitrogens with zero attached hydrogens (tertiary/aromatic N) is 1. The minimum absolute atomic E-state index is 0.181. The van der Waals surface area contributed by atoms with Crippen LogP contribution < -0.4 is 14.8 Å². The number of methoxy groups -OCH3 is 2. The lowest BCUT2D eigenvalue weighted by atomic mass is 10.1. The van der Waals surface area contributed by atoms with Gasteiger partial charge in [0.05, 0.1) is 26.0 Å². The molecular weight excluding hydrogens is 388 g/mol. The van der Waals surface area contributed by atoms with Crippen LogP contribution in [0.25, 0.3) is 0 Å². The van der Waals surface area contributed by atoms with Crippen molar-refractivity contribution in [2.75, 3.05) is 34.0 Å². The number of carbonyl (C=O) groups excluding carboxylic acids is 2. The normalized spacial score (nSPS) is 16.9. The molecule has 1 fully saturated rings. The first-order chi connectivity index (χ1) is 14.5. The van der Waals surface area contributed by atoms with E-state index in [-0.39, 0.29) is 23.6 Å². The van der Waals surface area contributed by atoms with Gasteiger partial charge in [-0.1, -0.05) is 6.07 Å². The standard InChI is InChI=1S/C22H28N2O6/c1-15(16-8-9-18(20(14-16)28-3)30-13-12-27-2)23-21(25)17-6-4-10-24(17)22(26)19-7-5-11-29-19/h5,7-9,11,14-15,17H,4,6,10,12-13H2,1-3H3,(H,23,25). The summed E-state index contributed by atoms with van der Waals surface area (Å²) in [6.45, 7) is 3.32. The SMILES string of the molecule is COCCOc1ccc(C(C)NC(=O)C2CCCN2C(=O)c2ccco2)cc1OC. The summed E-state index contributed by atoms with van der Waals surface area (Å²) in [7, 11) is 3.18. The van der Waals surface area contributed by atoms with Crippen LogP contribution in [0.3, 0.4) is 0 Å². The summed E-state index contributed by atoms with van der Waals surface area (Å²) in [5.74, 6) is 1.00. The van der Waals surface area contributed by atoms with Crippen LogP contribution in [0.2, 0.25) is 0 Å². The predicted octanol–water partition coefficient (Wildman–Crippen LogP) is 2.80. The molecule has 2 heterocycles. The molecule has 1 aliphatic heterocycles. The summed E-state index contributed by atoms with van der Waals surface area (Å²) in [5, 5.41) is 3.01. The van der Waals surface area contributed by atoms with E-state index in [1.54, 1.807) is 31.3 Å². The smallest absolute Gasteiger partial charge is 0.290 e. The molecule has 0 aliphatic carbocycles. The topological polar surface area (TPSA) is 90.2 Å². The first kappa shape index (κ1) is 21.7. The van der Waals surface area contributed by atoms with Gasteiger partial charge in [0.25, 0.3) is 5.91 Å². The van der Waals surface area contributed by atoms with Gasteiger partial charge in [-0.25, -0.2) is 0 Å². The Bertz CT molecular complexity index is 851. The number of furan rings is 1. The van der Waals surface area contributed by atoms with E-state index < -0.39 is 6.04 Å². The van der Waals surface area contributed by atoms with E-state index in [0.717, 1.165) is 12.0 Å². The second kappa shape index (κ2) is 10.2. The summed E-state index contributed by atoms with van der Waals surface area (Å²) in [6.07, 6.45) is 2.86. The van der Waals surface area contributed by atoms with E-state index in [4.69, 9.17) is 18.6 Å². The van der Waals surface area contributed by atoms with Crippen LogP contribution in [0.15, 0.2) is 41.0 Å². The summed E-state index contributed by atoms with van der Waals surface area (Å²) in [4.78, 5) is 27.1. The number of rotatable bonds is 9. The second-order valence-electron chi connectivity index (χ2n) is 7.12. The molecule has 1 aliphatic rings. The van der Waals surface area contributed by atoms with Gasteiger partial charge in [-0.15, -0.1) is 0 Å². The van der Waals surface area contributed by atoms with E-state index >= 15 is 0 Å². The minimum atomic E-state index is -0.511. The number of amides is 2. The predicted molar refractivity (Wildman–Crippen MR) is 110 cm³/mol. The fraction of sp³-hybridized carbons (Fsp3) is 0.455. The van der Waals surface area contributed by atoms with Crippen molar-refractivity contribution in [2.45, 2.75) is 31.8 Å². The van der Waals surface area contributed by atoms with Crippen molar-refractivity contribution in [3.63, 3.8) is 0 Å². The zero-order valence-corrected chi connectivity index (χ0v) is 17.6. The van der Waals surface area contributed by atoms with Crippen molar-refractivity contribution in [3.8, 4) is 11.5 Å². The Kier molecular flexibility index (Phi) is 7.35. The Hall–Kier alpha value is -3.00. The van der Waals surface area contributed by atoms with Gasteiger partial charge in [-0.3, -0.25) is 9.59 Å². The quantitative estimate of drug-likeness (QED) is 0.632. The molecule has 0 saturated carbocycles. The number of ether oxygens (including phenoxy) is 3. The van der Waals surface area contributed by atoms with Gasteiger partial charge in [0, 0.05) is 13.7 Å². The average molecular weight is 416 g/mol. The van der Waals surface area contributed by atoms with Gasteiger partial charge in [0.15, 0.2) is 17.3 Å². The number of likely N-dealkylation sites (tertiary alicyclic amines) is 1. The lowest BCUT2D eigenvalue weighted by Crippen LogP contribution is -2.46. The summed E-state index contributed by atoms with van der Waals surface area (Å²) in [6, 6.07) is 8.04. The van der Waals surface area contributed by atoms with Gasteiger partial charge in [0.1, 0.15) is 12.6 Å². The Morgan fingerprint density at radius 3 is 2.77 bits per heavy atom. The maximum Gasteiger partial charge on any atom is 0.290 e. The molecule has 30 heavy (non-hydrogen) atoms. The number of carbonyl (C=O) groups is 2. The highest BCUT2D eigenvalue weighted by atomic mass is 16.5. The molecule has 0 bridgehead atoms. The molecule has 2 aromatic rings. The maximum absolute atomic E-state index is 12.9. The van der Waals surface area contributed by atoms with E-state index in [9.17, 15) is 9.59 Å². The second-order valence-corrected chi connectivity index (χ2v) is 7.12. The summed E-state index contributed by atoms with van der Waals surface area (Å²) in [5.41, 5.74) is 0.876. The number of hydrogen-bond acceptors (Lipinski definition) is 6. The molecule has 2 atom stereocenters. The first-order valence-corrected chi connectivity index (χ1v) is 9.99. The molecular formula is C22H28N2O6. The van der Waals surface area contributed by atoms with Crippen LogP contribution in [-0.4, -0.2) is 56.7 Å². The molecule has 2 amide bonds. The van der Waals surface area contributed by atoms with Crippen LogP contribution in [0.1, 0.15) is 41.9 Å². The molecule has 8 nitrogen and oxygen atoms in total. The highest BCUT2D eigenvalue weighted by Gasteiger charge is 2.36. The third-order valence-electron chi connectivity index (χ3n) is 5.14. The van der Waals surface area contributed by atoms with Crippen LogP contribution in [0, 0.1) is 0 Å². The Morgan fingerprint density at radius 1 is 1.23 bits per heavy atom. The van der Waals surface area contributed by atoms with Crippen LogP contribution in [0.4, 0.5) is 0 Å². The van der Waals surface area contributed by atoms with E-state index in [0.29, 0.717) is 37.7 Å². The van der Waals surface area contributed by atoms with Crippen molar-refractivity contribution in [3.05, 3.63) is 47.9 Å². The molecule has 2 unspecified atom stereocenters. The first-order valence-electron chi connectivity index (χ1n) is 9.99. The van der Waals surface area contributed by atoms with Gasteiger partial charge in [-0.2, -0.15) is 0 Å². The van der Waals surface area contributed by atoms with Crippen LogP contribution >= 0.6 is 0 Å². The van der Waals surface area contributed by atoms with Crippen molar-refractivity contribution >= 4 is 11.8 Å². The number of hydrogen-bond donors (Lipinski definition) is 1. The fourth-order valence-corrected chi connectivity index (χ4v) is 3.52. The molecule has 1 aromatic heterocycles. The van der Waals surface area contributed by atoms with Gasteiger partial charge in [0.2, 0.25) is 5.91 Å². The molecule has 1 N–H and O–H groups in total. The summed E-state index contributed by atoms with van der Waals surface area (Å²) < 4.78 is 21.3.